The zero-order chi connectivity index (χ0) is 14.7. The fourth-order valence-electron chi connectivity index (χ4n) is 1.96. The molecular weight excluding hydrogens is 391 g/mol. The predicted octanol–water partition coefficient (Wildman–Crippen LogP) is 4.04. The molecule has 0 heterocycles. The van der Waals surface area contributed by atoms with Crippen LogP contribution < -0.4 is 9.47 Å². The number of benzene rings is 2. The number of hydrogen-bond acceptors (Lipinski definition) is 3. The number of halogens is 2. The largest absolute Gasteiger partial charge is 0.495 e. The van der Waals surface area contributed by atoms with Crippen molar-refractivity contribution in [1.82, 2.24) is 0 Å². The highest BCUT2D eigenvalue weighted by Gasteiger charge is 2.20. The molecule has 2 rings (SSSR count). The third kappa shape index (κ3) is 3.02. The third-order valence-electron chi connectivity index (χ3n) is 3.00. The first-order chi connectivity index (χ1) is 9.58. The first-order valence-electron chi connectivity index (χ1n) is 5.92. The normalized spacial score (nSPS) is 12.1. The SMILES string of the molecule is COc1ccc(C(O)c2ccc(I)cc2)c(OC)c1Cl. The molecule has 1 N–H and O–H groups in total. The molecule has 0 saturated carbocycles. The Bertz CT molecular complexity index is 599. The lowest BCUT2D eigenvalue weighted by molar-refractivity contribution is 0.214. The minimum atomic E-state index is -0.801. The summed E-state index contributed by atoms with van der Waals surface area (Å²) in [6.45, 7) is 0. The van der Waals surface area contributed by atoms with Crippen molar-refractivity contribution in [3.05, 3.63) is 56.1 Å². The Morgan fingerprint density at radius 2 is 1.70 bits per heavy atom. The van der Waals surface area contributed by atoms with Gasteiger partial charge in [0, 0.05) is 9.13 Å². The van der Waals surface area contributed by atoms with Gasteiger partial charge in [-0.1, -0.05) is 23.7 Å². The number of ether oxygens (including phenoxy) is 2. The van der Waals surface area contributed by atoms with E-state index in [1.54, 1.807) is 12.1 Å². The van der Waals surface area contributed by atoms with Gasteiger partial charge in [0.05, 0.1) is 14.2 Å². The second-order valence-corrected chi connectivity index (χ2v) is 5.78. The van der Waals surface area contributed by atoms with Crippen molar-refractivity contribution in [2.45, 2.75) is 6.10 Å². The summed E-state index contributed by atoms with van der Waals surface area (Å²) >= 11 is 8.43. The van der Waals surface area contributed by atoms with Crippen LogP contribution >= 0.6 is 34.2 Å². The molecule has 1 unspecified atom stereocenters. The molecule has 0 spiro atoms. The second-order valence-electron chi connectivity index (χ2n) is 4.16. The van der Waals surface area contributed by atoms with Crippen LogP contribution in [0.5, 0.6) is 11.5 Å². The van der Waals surface area contributed by atoms with Crippen molar-refractivity contribution in [2.75, 3.05) is 14.2 Å². The minimum Gasteiger partial charge on any atom is -0.495 e. The van der Waals surface area contributed by atoms with E-state index in [1.165, 1.54) is 14.2 Å². The number of aliphatic hydroxyl groups excluding tert-OH is 1. The molecule has 0 amide bonds. The number of aliphatic hydroxyl groups is 1. The molecule has 0 saturated heterocycles. The van der Waals surface area contributed by atoms with Gasteiger partial charge in [-0.05, 0) is 52.4 Å². The van der Waals surface area contributed by atoms with Crippen LogP contribution in [0.2, 0.25) is 5.02 Å². The van der Waals surface area contributed by atoms with Gasteiger partial charge in [0.1, 0.15) is 22.6 Å². The van der Waals surface area contributed by atoms with E-state index in [1.807, 2.05) is 24.3 Å². The van der Waals surface area contributed by atoms with Crippen molar-refractivity contribution < 1.29 is 14.6 Å². The van der Waals surface area contributed by atoms with Gasteiger partial charge in [0.15, 0.2) is 0 Å². The van der Waals surface area contributed by atoms with E-state index in [2.05, 4.69) is 22.6 Å². The Balaban J connectivity index is 2.46. The van der Waals surface area contributed by atoms with Crippen LogP contribution in [0.25, 0.3) is 0 Å². The molecule has 0 aromatic heterocycles. The standard InChI is InChI=1S/C15H14ClIO3/c1-19-12-8-7-11(15(20-2)13(12)16)14(18)9-3-5-10(17)6-4-9/h3-8,14,18H,1-2H3. The summed E-state index contributed by atoms with van der Waals surface area (Å²) in [5.41, 5.74) is 1.39. The summed E-state index contributed by atoms with van der Waals surface area (Å²) in [5.74, 6) is 0.944. The summed E-state index contributed by atoms with van der Waals surface area (Å²) < 4.78 is 11.6. The van der Waals surface area contributed by atoms with Gasteiger partial charge in [-0.2, -0.15) is 0 Å². The summed E-state index contributed by atoms with van der Waals surface area (Å²) in [4.78, 5) is 0. The molecule has 2 aromatic rings. The number of methoxy groups -OCH3 is 2. The van der Waals surface area contributed by atoms with E-state index in [4.69, 9.17) is 21.1 Å². The Morgan fingerprint density at radius 3 is 2.25 bits per heavy atom. The topological polar surface area (TPSA) is 38.7 Å². The summed E-state index contributed by atoms with van der Waals surface area (Å²) in [5, 5.41) is 10.9. The molecule has 1 atom stereocenters. The first-order valence-corrected chi connectivity index (χ1v) is 7.38. The van der Waals surface area contributed by atoms with Crippen LogP contribution in [0.3, 0.4) is 0 Å². The summed E-state index contributed by atoms with van der Waals surface area (Å²) in [6, 6.07) is 11.1. The summed E-state index contributed by atoms with van der Waals surface area (Å²) in [7, 11) is 3.06. The average Bonchev–Trinajstić information content (AvgIpc) is 2.47. The second kappa shape index (κ2) is 6.65. The van der Waals surface area contributed by atoms with E-state index in [0.29, 0.717) is 22.1 Å². The predicted molar refractivity (Wildman–Crippen MR) is 87.8 cm³/mol. The lowest BCUT2D eigenvalue weighted by atomic mass is 10.0. The van der Waals surface area contributed by atoms with Crippen molar-refractivity contribution in [1.29, 1.82) is 0 Å². The maximum atomic E-state index is 10.5. The van der Waals surface area contributed by atoms with Gasteiger partial charge in [0.25, 0.3) is 0 Å². The van der Waals surface area contributed by atoms with Crippen molar-refractivity contribution in [2.24, 2.45) is 0 Å². The van der Waals surface area contributed by atoms with Crippen LogP contribution in [0.4, 0.5) is 0 Å². The van der Waals surface area contributed by atoms with Crippen LogP contribution in [0, 0.1) is 3.57 Å². The van der Waals surface area contributed by atoms with Gasteiger partial charge in [-0.3, -0.25) is 0 Å². The van der Waals surface area contributed by atoms with E-state index >= 15 is 0 Å². The lowest BCUT2D eigenvalue weighted by Gasteiger charge is -2.17. The van der Waals surface area contributed by atoms with Gasteiger partial charge in [-0.15, -0.1) is 0 Å². The highest BCUT2D eigenvalue weighted by molar-refractivity contribution is 14.1. The molecule has 3 nitrogen and oxygen atoms in total. The highest BCUT2D eigenvalue weighted by atomic mass is 127. The zero-order valence-corrected chi connectivity index (χ0v) is 14.0. The Morgan fingerprint density at radius 1 is 1.05 bits per heavy atom. The van der Waals surface area contributed by atoms with Gasteiger partial charge >= 0.3 is 0 Å². The number of hydrogen-bond donors (Lipinski definition) is 1. The Labute approximate surface area is 136 Å². The van der Waals surface area contributed by atoms with Crippen LogP contribution in [0.15, 0.2) is 36.4 Å². The lowest BCUT2D eigenvalue weighted by Crippen LogP contribution is -2.03. The van der Waals surface area contributed by atoms with Crippen molar-refractivity contribution >= 4 is 34.2 Å². The van der Waals surface area contributed by atoms with E-state index in [0.717, 1.165) is 9.13 Å². The quantitative estimate of drug-likeness (QED) is 0.782. The molecule has 2 aromatic carbocycles. The smallest absolute Gasteiger partial charge is 0.147 e. The fraction of sp³-hybridized carbons (Fsp3) is 0.200. The van der Waals surface area contributed by atoms with Crippen molar-refractivity contribution in [3.8, 4) is 11.5 Å². The monoisotopic (exact) mass is 404 g/mol. The average molecular weight is 405 g/mol. The molecule has 0 aliphatic rings. The molecule has 0 aliphatic heterocycles. The zero-order valence-electron chi connectivity index (χ0n) is 11.1. The van der Waals surface area contributed by atoms with E-state index in [-0.39, 0.29) is 0 Å². The van der Waals surface area contributed by atoms with Gasteiger partial charge in [0.2, 0.25) is 0 Å². The van der Waals surface area contributed by atoms with Crippen LogP contribution in [-0.2, 0) is 0 Å². The maximum Gasteiger partial charge on any atom is 0.147 e. The molecule has 0 aliphatic carbocycles. The van der Waals surface area contributed by atoms with Crippen molar-refractivity contribution in [3.63, 3.8) is 0 Å². The van der Waals surface area contributed by atoms with Gasteiger partial charge in [-0.25, -0.2) is 0 Å². The molecule has 0 bridgehead atoms. The molecule has 20 heavy (non-hydrogen) atoms. The van der Waals surface area contributed by atoms with Crippen LogP contribution in [0.1, 0.15) is 17.2 Å². The van der Waals surface area contributed by atoms with E-state index < -0.39 is 6.10 Å². The fourth-order valence-corrected chi connectivity index (χ4v) is 2.64. The third-order valence-corrected chi connectivity index (χ3v) is 4.07. The summed E-state index contributed by atoms with van der Waals surface area (Å²) in [6.07, 6.45) is -0.801. The Hall–Kier alpha value is -0.980. The maximum absolute atomic E-state index is 10.5. The molecule has 0 radical (unpaired) electrons. The Kier molecular flexibility index (Phi) is 5.12. The minimum absolute atomic E-state index is 0.358. The molecule has 5 heteroatoms. The number of rotatable bonds is 4. The molecule has 106 valence electrons. The van der Waals surface area contributed by atoms with Gasteiger partial charge < -0.3 is 14.6 Å². The molecule has 0 fully saturated rings. The first kappa shape index (κ1) is 15.4. The highest BCUT2D eigenvalue weighted by Crippen LogP contribution is 2.40. The molecular formula is C15H14ClIO3. The van der Waals surface area contributed by atoms with Crippen LogP contribution in [-0.4, -0.2) is 19.3 Å². The van der Waals surface area contributed by atoms with E-state index in [9.17, 15) is 5.11 Å².